The molecule has 0 saturated carbocycles. The zero-order valence-corrected chi connectivity index (χ0v) is 20.3. The number of fused-ring (bicyclic) bond motifs is 2. The van der Waals surface area contributed by atoms with Gasteiger partial charge in [-0.3, -0.25) is 9.69 Å². The molecule has 0 aromatic carbocycles. The predicted molar refractivity (Wildman–Crippen MR) is 123 cm³/mol. The molecule has 12 nitrogen and oxygen atoms in total. The second kappa shape index (κ2) is 8.71. The van der Waals surface area contributed by atoms with Gasteiger partial charge < -0.3 is 19.5 Å². The molecule has 0 radical (unpaired) electrons. The first-order valence-electron chi connectivity index (χ1n) is 12.3. The number of nitrogens with zero attached hydrogens (tertiary/aromatic N) is 7. The average Bonchev–Trinajstić information content (AvgIpc) is 3.64. The number of likely N-dealkylation sites (tertiary alicyclic amines) is 1. The smallest absolute Gasteiger partial charge is 0.336 e. The Morgan fingerprint density at radius 2 is 2.03 bits per heavy atom. The van der Waals surface area contributed by atoms with Crippen molar-refractivity contribution in [1.82, 2.24) is 35.0 Å². The number of carbonyl (C=O) groups excluding carboxylic acids is 2. The van der Waals surface area contributed by atoms with Gasteiger partial charge in [-0.15, -0.1) is 5.10 Å². The molecule has 2 bridgehead atoms. The van der Waals surface area contributed by atoms with Crippen LogP contribution in [0.3, 0.4) is 0 Å². The number of cyclic esters (lactones) is 1. The number of methoxy groups -OCH3 is 1. The molecule has 3 saturated heterocycles. The second-order valence-electron chi connectivity index (χ2n) is 10.2. The molecule has 1 N–H and O–H groups in total. The molecule has 2 aromatic rings. The molecule has 12 heteroatoms. The summed E-state index contributed by atoms with van der Waals surface area (Å²) in [7, 11) is 1.66. The summed E-state index contributed by atoms with van der Waals surface area (Å²) in [5.74, 6) is 0.240. The Morgan fingerprint density at radius 1 is 1.25 bits per heavy atom. The fourth-order valence-electron chi connectivity index (χ4n) is 6.53. The number of aliphatic hydroxyl groups is 1. The van der Waals surface area contributed by atoms with E-state index in [9.17, 15) is 14.7 Å². The molecule has 2 aromatic heterocycles. The van der Waals surface area contributed by atoms with E-state index in [-0.39, 0.29) is 36.7 Å². The van der Waals surface area contributed by atoms with Gasteiger partial charge in [-0.1, -0.05) is 6.07 Å². The number of carbonyl (C=O) groups is 2. The van der Waals surface area contributed by atoms with Crippen LogP contribution in [-0.2, 0) is 19.1 Å². The van der Waals surface area contributed by atoms with Crippen LogP contribution in [0.4, 0.5) is 0 Å². The van der Waals surface area contributed by atoms with E-state index < -0.39 is 11.5 Å². The number of amides is 1. The van der Waals surface area contributed by atoms with E-state index in [1.807, 2.05) is 6.07 Å². The van der Waals surface area contributed by atoms with Gasteiger partial charge >= 0.3 is 5.97 Å². The van der Waals surface area contributed by atoms with Crippen LogP contribution in [0.15, 0.2) is 35.9 Å². The van der Waals surface area contributed by atoms with Crippen molar-refractivity contribution in [3.8, 4) is 5.82 Å². The van der Waals surface area contributed by atoms with Gasteiger partial charge in [-0.05, 0) is 49.1 Å². The first-order valence-corrected chi connectivity index (χ1v) is 12.3. The van der Waals surface area contributed by atoms with Crippen LogP contribution in [-0.4, -0.2) is 97.0 Å². The van der Waals surface area contributed by atoms with Crippen molar-refractivity contribution >= 4 is 11.9 Å². The Labute approximate surface area is 207 Å². The quantitative estimate of drug-likeness (QED) is 0.561. The van der Waals surface area contributed by atoms with Crippen molar-refractivity contribution in [2.24, 2.45) is 5.41 Å². The van der Waals surface area contributed by atoms with E-state index in [4.69, 9.17) is 9.47 Å². The third-order valence-electron chi connectivity index (χ3n) is 8.42. The van der Waals surface area contributed by atoms with Gasteiger partial charge in [0.05, 0.1) is 35.4 Å². The summed E-state index contributed by atoms with van der Waals surface area (Å²) in [6, 6.07) is 3.95. The topological polar surface area (TPSA) is 136 Å². The molecule has 6 heterocycles. The Hall–Kier alpha value is -3.22. The van der Waals surface area contributed by atoms with Crippen LogP contribution in [0.2, 0.25) is 0 Å². The number of aromatic nitrogens is 5. The Balaban J connectivity index is 1.18. The maximum atomic E-state index is 13.8. The SMILES string of the molecule is COC1CN(C2=C(C)C(=O)OC2)C(=O)C12CC1CCC(C2)N1C[C@@H](O)c1ccc(-n2cnnn2)nc1. The van der Waals surface area contributed by atoms with Crippen molar-refractivity contribution in [2.45, 2.75) is 56.9 Å². The molecular formula is C24H29N7O5. The number of hydrogen-bond acceptors (Lipinski definition) is 10. The summed E-state index contributed by atoms with van der Waals surface area (Å²) in [6.07, 6.45) is 5.44. The monoisotopic (exact) mass is 495 g/mol. The molecule has 0 aliphatic carbocycles. The Kier molecular flexibility index (Phi) is 5.61. The lowest BCUT2D eigenvalue weighted by atomic mass is 9.71. The third kappa shape index (κ3) is 3.54. The van der Waals surface area contributed by atoms with Gasteiger partial charge in [0.1, 0.15) is 12.9 Å². The Bertz CT molecular complexity index is 1180. The van der Waals surface area contributed by atoms with Crippen molar-refractivity contribution in [2.75, 3.05) is 26.8 Å². The number of aliphatic hydroxyl groups excluding tert-OH is 1. The van der Waals surface area contributed by atoms with Crippen molar-refractivity contribution < 1.29 is 24.2 Å². The summed E-state index contributed by atoms with van der Waals surface area (Å²) in [4.78, 5) is 34.2. The number of hydrogen-bond donors (Lipinski definition) is 1. The minimum atomic E-state index is -0.707. The lowest BCUT2D eigenvalue weighted by Gasteiger charge is -2.46. The molecule has 3 unspecified atom stereocenters. The van der Waals surface area contributed by atoms with E-state index in [0.717, 1.165) is 18.4 Å². The van der Waals surface area contributed by atoms with Gasteiger partial charge in [0, 0.05) is 37.5 Å². The average molecular weight is 496 g/mol. The number of pyridine rings is 1. The highest BCUT2D eigenvalue weighted by Crippen LogP contribution is 2.53. The predicted octanol–water partition coefficient (Wildman–Crippen LogP) is 0.392. The molecule has 6 rings (SSSR count). The number of ether oxygens (including phenoxy) is 2. The van der Waals surface area contributed by atoms with E-state index in [2.05, 4.69) is 25.4 Å². The van der Waals surface area contributed by atoms with E-state index in [1.165, 1.54) is 11.0 Å². The summed E-state index contributed by atoms with van der Waals surface area (Å²) < 4.78 is 12.5. The normalized spacial score (nSPS) is 31.1. The van der Waals surface area contributed by atoms with E-state index >= 15 is 0 Å². The van der Waals surface area contributed by atoms with Gasteiger partial charge in [0.25, 0.3) is 0 Å². The first kappa shape index (κ1) is 23.2. The van der Waals surface area contributed by atoms with Gasteiger partial charge in [0.2, 0.25) is 5.91 Å². The molecule has 3 fully saturated rings. The van der Waals surface area contributed by atoms with Gasteiger partial charge in [0.15, 0.2) is 5.82 Å². The van der Waals surface area contributed by atoms with Crippen molar-refractivity contribution in [1.29, 1.82) is 0 Å². The van der Waals surface area contributed by atoms with Crippen LogP contribution in [0.1, 0.15) is 44.3 Å². The highest BCUT2D eigenvalue weighted by Gasteiger charge is 2.61. The molecule has 1 spiro atoms. The zero-order valence-electron chi connectivity index (χ0n) is 20.3. The minimum absolute atomic E-state index is 0.0292. The lowest BCUT2D eigenvalue weighted by Crippen LogP contribution is -2.54. The third-order valence-corrected chi connectivity index (χ3v) is 8.42. The highest BCUT2D eigenvalue weighted by molar-refractivity contribution is 5.94. The summed E-state index contributed by atoms with van der Waals surface area (Å²) in [5, 5.41) is 22.1. The zero-order chi connectivity index (χ0) is 25.0. The van der Waals surface area contributed by atoms with Crippen LogP contribution < -0.4 is 0 Å². The second-order valence-corrected chi connectivity index (χ2v) is 10.2. The molecule has 1 amide bonds. The van der Waals surface area contributed by atoms with Gasteiger partial charge in [-0.2, -0.15) is 4.68 Å². The maximum absolute atomic E-state index is 13.8. The highest BCUT2D eigenvalue weighted by atomic mass is 16.5. The minimum Gasteiger partial charge on any atom is -0.456 e. The van der Waals surface area contributed by atoms with E-state index in [1.54, 1.807) is 31.2 Å². The molecule has 4 aliphatic rings. The largest absolute Gasteiger partial charge is 0.456 e. The molecular weight excluding hydrogens is 466 g/mol. The summed E-state index contributed by atoms with van der Waals surface area (Å²) in [5.41, 5.74) is 1.25. The molecule has 4 aliphatic heterocycles. The number of esters is 1. The van der Waals surface area contributed by atoms with Crippen molar-refractivity contribution in [3.63, 3.8) is 0 Å². The van der Waals surface area contributed by atoms with E-state index in [0.29, 0.717) is 43.0 Å². The first-order chi connectivity index (χ1) is 17.4. The molecule has 190 valence electrons. The summed E-state index contributed by atoms with van der Waals surface area (Å²) >= 11 is 0. The lowest BCUT2D eigenvalue weighted by molar-refractivity contribution is -0.144. The maximum Gasteiger partial charge on any atom is 0.336 e. The molecule has 36 heavy (non-hydrogen) atoms. The van der Waals surface area contributed by atoms with Crippen molar-refractivity contribution in [3.05, 3.63) is 41.5 Å². The Morgan fingerprint density at radius 3 is 2.61 bits per heavy atom. The summed E-state index contributed by atoms with van der Waals surface area (Å²) in [6.45, 7) is 2.75. The van der Waals surface area contributed by atoms with Crippen LogP contribution in [0, 0.1) is 5.41 Å². The van der Waals surface area contributed by atoms with Crippen LogP contribution >= 0.6 is 0 Å². The van der Waals surface area contributed by atoms with Gasteiger partial charge in [-0.25, -0.2) is 9.78 Å². The van der Waals surface area contributed by atoms with Crippen LogP contribution in [0.5, 0.6) is 0 Å². The standard InChI is InChI=1S/C24H29N7O5/c1-14-18(12-36-22(14)33)30-11-20(35-2)24(23(30)34)7-16-4-5-17(8-24)29(16)10-19(32)15-3-6-21(25-9-15)31-13-26-27-28-31/h3,6,9,13,16-17,19-20,32H,4-5,7-8,10-12H2,1-2H3/t16?,17?,19-,20?,24?/m1/s1. The fraction of sp³-hybridized carbons (Fsp3) is 0.583. The number of tetrazole rings is 1. The number of rotatable bonds is 6. The van der Waals surface area contributed by atoms with Crippen LogP contribution in [0.25, 0.3) is 5.82 Å². The molecule has 4 atom stereocenters. The number of piperidine rings is 1. The fourth-order valence-corrected chi connectivity index (χ4v) is 6.53.